The summed E-state index contributed by atoms with van der Waals surface area (Å²) >= 11 is 0. The van der Waals surface area contributed by atoms with E-state index in [0.29, 0.717) is 18.9 Å². The highest BCUT2D eigenvalue weighted by Crippen LogP contribution is 2.20. The minimum atomic E-state index is -0.0183. The fraction of sp³-hybridized carbons (Fsp3) is 0.444. The molecule has 74 valence electrons. The second-order valence-electron chi connectivity index (χ2n) is 3.31. The lowest BCUT2D eigenvalue weighted by molar-refractivity contribution is -0.117. The molecule has 0 saturated carbocycles. The van der Waals surface area contributed by atoms with Crippen molar-refractivity contribution in [2.24, 2.45) is 5.92 Å². The molecule has 5 nitrogen and oxygen atoms in total. The van der Waals surface area contributed by atoms with Gasteiger partial charge >= 0.3 is 0 Å². The second-order valence-corrected chi connectivity index (χ2v) is 3.31. The van der Waals surface area contributed by atoms with Gasteiger partial charge in [0.2, 0.25) is 11.9 Å². The highest BCUT2D eigenvalue weighted by Gasteiger charge is 2.31. The van der Waals surface area contributed by atoms with Gasteiger partial charge in [0, 0.05) is 37.9 Å². The van der Waals surface area contributed by atoms with E-state index in [9.17, 15) is 4.79 Å². The maximum atomic E-state index is 11.5. The van der Waals surface area contributed by atoms with Crippen molar-refractivity contribution in [1.29, 1.82) is 0 Å². The Bertz CT molecular complexity index is 328. The highest BCUT2D eigenvalue weighted by atomic mass is 16.3. The van der Waals surface area contributed by atoms with Crippen molar-refractivity contribution < 1.29 is 9.90 Å². The third kappa shape index (κ3) is 1.58. The third-order valence-electron chi connectivity index (χ3n) is 2.26. The quantitative estimate of drug-likeness (QED) is 0.707. The van der Waals surface area contributed by atoms with Crippen LogP contribution in [-0.2, 0) is 4.79 Å². The van der Waals surface area contributed by atoms with Crippen molar-refractivity contribution in [3.63, 3.8) is 0 Å². The van der Waals surface area contributed by atoms with Gasteiger partial charge in [0.25, 0.3) is 0 Å². The standard InChI is InChI=1S/C9H11N3O2/c13-6-7-4-8(14)12(5-7)9-10-2-1-3-11-9/h1-3,7,13H,4-6H2. The summed E-state index contributed by atoms with van der Waals surface area (Å²) in [5.74, 6) is 0.426. The average Bonchev–Trinajstić information content (AvgIpc) is 2.61. The Balaban J connectivity index is 2.17. The summed E-state index contributed by atoms with van der Waals surface area (Å²) in [5, 5.41) is 8.93. The summed E-state index contributed by atoms with van der Waals surface area (Å²) < 4.78 is 0. The number of hydrogen-bond donors (Lipinski definition) is 1. The molecule has 1 saturated heterocycles. The lowest BCUT2D eigenvalue weighted by Crippen LogP contribution is -2.26. The first-order chi connectivity index (χ1) is 6.81. The van der Waals surface area contributed by atoms with E-state index >= 15 is 0 Å². The minimum absolute atomic E-state index is 0.0183. The molecule has 1 aliphatic rings. The molecule has 0 aromatic carbocycles. The van der Waals surface area contributed by atoms with Crippen LogP contribution in [0.5, 0.6) is 0 Å². The first-order valence-corrected chi connectivity index (χ1v) is 4.49. The summed E-state index contributed by atoms with van der Waals surface area (Å²) in [4.78, 5) is 21.0. The lowest BCUT2D eigenvalue weighted by atomic mass is 10.1. The van der Waals surface area contributed by atoms with Gasteiger partial charge in [-0.25, -0.2) is 9.97 Å². The van der Waals surface area contributed by atoms with E-state index in [2.05, 4.69) is 9.97 Å². The monoisotopic (exact) mass is 193 g/mol. The molecule has 1 N–H and O–H groups in total. The van der Waals surface area contributed by atoms with E-state index in [1.807, 2.05) is 0 Å². The van der Waals surface area contributed by atoms with Crippen molar-refractivity contribution in [2.45, 2.75) is 6.42 Å². The van der Waals surface area contributed by atoms with Gasteiger partial charge in [0.1, 0.15) is 0 Å². The zero-order chi connectivity index (χ0) is 9.97. The Kier molecular flexibility index (Phi) is 2.41. The number of aliphatic hydroxyl groups is 1. The van der Waals surface area contributed by atoms with E-state index in [1.54, 1.807) is 18.5 Å². The van der Waals surface area contributed by atoms with E-state index < -0.39 is 0 Å². The number of aliphatic hydroxyl groups excluding tert-OH is 1. The number of hydrogen-bond acceptors (Lipinski definition) is 4. The summed E-state index contributed by atoms with van der Waals surface area (Å²) in [6.07, 6.45) is 3.58. The number of nitrogens with zero attached hydrogens (tertiary/aromatic N) is 3. The summed E-state index contributed by atoms with van der Waals surface area (Å²) in [7, 11) is 0. The first-order valence-electron chi connectivity index (χ1n) is 4.49. The largest absolute Gasteiger partial charge is 0.396 e. The molecule has 1 aromatic rings. The zero-order valence-corrected chi connectivity index (χ0v) is 7.63. The number of carbonyl (C=O) groups is 1. The molecular formula is C9H11N3O2. The van der Waals surface area contributed by atoms with Crippen LogP contribution >= 0.6 is 0 Å². The predicted molar refractivity (Wildman–Crippen MR) is 49.6 cm³/mol. The molecule has 0 aliphatic carbocycles. The van der Waals surface area contributed by atoms with E-state index in [1.165, 1.54) is 4.90 Å². The van der Waals surface area contributed by atoms with E-state index in [0.717, 1.165) is 0 Å². The normalized spacial score (nSPS) is 21.6. The molecule has 1 aromatic heterocycles. The van der Waals surface area contributed by atoms with Gasteiger partial charge < -0.3 is 5.11 Å². The van der Waals surface area contributed by atoms with Crippen molar-refractivity contribution in [3.8, 4) is 0 Å². The molecule has 1 atom stereocenters. The number of rotatable bonds is 2. The van der Waals surface area contributed by atoms with Crippen LogP contribution < -0.4 is 4.90 Å². The minimum Gasteiger partial charge on any atom is -0.396 e. The van der Waals surface area contributed by atoms with Crippen LogP contribution in [0.15, 0.2) is 18.5 Å². The molecule has 0 radical (unpaired) electrons. The van der Waals surface area contributed by atoms with Crippen LogP contribution in [0.3, 0.4) is 0 Å². The van der Waals surface area contributed by atoms with E-state index in [-0.39, 0.29) is 18.4 Å². The zero-order valence-electron chi connectivity index (χ0n) is 7.63. The maximum Gasteiger partial charge on any atom is 0.232 e. The Labute approximate surface area is 81.4 Å². The first kappa shape index (κ1) is 9.08. The van der Waals surface area contributed by atoms with Gasteiger partial charge in [0.05, 0.1) is 0 Å². The van der Waals surface area contributed by atoms with Gasteiger partial charge in [-0.2, -0.15) is 0 Å². The van der Waals surface area contributed by atoms with Gasteiger partial charge in [-0.3, -0.25) is 9.69 Å². The molecule has 0 spiro atoms. The molecule has 1 amide bonds. The van der Waals surface area contributed by atoms with Crippen molar-refractivity contribution in [3.05, 3.63) is 18.5 Å². The fourth-order valence-electron chi connectivity index (χ4n) is 1.53. The molecule has 0 bridgehead atoms. The van der Waals surface area contributed by atoms with Gasteiger partial charge in [-0.05, 0) is 6.07 Å². The Morgan fingerprint density at radius 1 is 1.50 bits per heavy atom. The molecule has 14 heavy (non-hydrogen) atoms. The molecule has 1 aliphatic heterocycles. The predicted octanol–water partition coefficient (Wildman–Crippen LogP) is -0.178. The SMILES string of the molecule is O=C1CC(CO)CN1c1ncccn1. The molecule has 1 unspecified atom stereocenters. The molecular weight excluding hydrogens is 182 g/mol. The van der Waals surface area contributed by atoms with Gasteiger partial charge in [0.15, 0.2) is 0 Å². The number of amides is 1. The highest BCUT2D eigenvalue weighted by molar-refractivity contribution is 5.93. The van der Waals surface area contributed by atoms with Crippen molar-refractivity contribution >= 4 is 11.9 Å². The number of anilines is 1. The van der Waals surface area contributed by atoms with Crippen LogP contribution in [0.4, 0.5) is 5.95 Å². The summed E-state index contributed by atoms with van der Waals surface area (Å²) in [6, 6.07) is 1.70. The summed E-state index contributed by atoms with van der Waals surface area (Å²) in [6.45, 7) is 0.550. The van der Waals surface area contributed by atoms with Crippen LogP contribution in [-0.4, -0.2) is 34.1 Å². The average molecular weight is 193 g/mol. The molecule has 2 rings (SSSR count). The second kappa shape index (κ2) is 3.71. The van der Waals surface area contributed by atoms with Crippen LogP contribution in [0.2, 0.25) is 0 Å². The Morgan fingerprint density at radius 2 is 2.21 bits per heavy atom. The van der Waals surface area contributed by atoms with Crippen LogP contribution in [0.1, 0.15) is 6.42 Å². The number of carbonyl (C=O) groups excluding carboxylic acids is 1. The fourth-order valence-corrected chi connectivity index (χ4v) is 1.53. The van der Waals surface area contributed by atoms with Gasteiger partial charge in [-0.15, -0.1) is 0 Å². The topological polar surface area (TPSA) is 66.3 Å². The number of aromatic nitrogens is 2. The van der Waals surface area contributed by atoms with E-state index in [4.69, 9.17) is 5.11 Å². The Hall–Kier alpha value is -1.49. The Morgan fingerprint density at radius 3 is 2.79 bits per heavy atom. The van der Waals surface area contributed by atoms with Crippen molar-refractivity contribution in [2.75, 3.05) is 18.1 Å². The smallest absolute Gasteiger partial charge is 0.232 e. The third-order valence-corrected chi connectivity index (χ3v) is 2.26. The maximum absolute atomic E-state index is 11.5. The summed E-state index contributed by atoms with van der Waals surface area (Å²) in [5.41, 5.74) is 0. The van der Waals surface area contributed by atoms with Crippen LogP contribution in [0.25, 0.3) is 0 Å². The molecule has 1 fully saturated rings. The van der Waals surface area contributed by atoms with Gasteiger partial charge in [-0.1, -0.05) is 0 Å². The molecule has 5 heteroatoms. The van der Waals surface area contributed by atoms with Crippen LogP contribution in [0, 0.1) is 5.92 Å². The van der Waals surface area contributed by atoms with Crippen molar-refractivity contribution in [1.82, 2.24) is 9.97 Å². The molecule has 2 heterocycles. The lowest BCUT2D eigenvalue weighted by Gasteiger charge is -2.12.